The van der Waals surface area contributed by atoms with Crippen molar-refractivity contribution in [3.8, 4) is 0 Å². The van der Waals surface area contributed by atoms with Crippen LogP contribution in [0.2, 0.25) is 0 Å². The summed E-state index contributed by atoms with van der Waals surface area (Å²) in [6, 6.07) is 0. The number of rotatable bonds is 49. The van der Waals surface area contributed by atoms with Crippen LogP contribution in [0.4, 0.5) is 0 Å². The Morgan fingerprint density at radius 2 is 0.565 bits per heavy atom. The minimum absolute atomic E-state index is 0.111. The number of hydrogen-bond acceptors (Lipinski definition) is 6. The second kappa shape index (κ2) is 56.4. The monoisotopic (exact) mass is 955 g/mol. The number of esters is 3. The van der Waals surface area contributed by atoms with E-state index in [4.69, 9.17) is 14.2 Å². The Kier molecular flexibility index (Phi) is 53.0. The highest BCUT2D eigenvalue weighted by Crippen LogP contribution is 2.12. The molecule has 0 saturated heterocycles. The Balaban J connectivity index is 4.54. The number of ether oxygens (including phenoxy) is 3. The first-order valence-electron chi connectivity index (χ1n) is 28.0. The molecule has 0 amide bonds. The lowest BCUT2D eigenvalue weighted by atomic mass is 10.1. The molecule has 1 atom stereocenters. The maximum Gasteiger partial charge on any atom is 0.306 e. The van der Waals surface area contributed by atoms with E-state index in [0.29, 0.717) is 19.3 Å². The summed E-state index contributed by atoms with van der Waals surface area (Å²) in [5.74, 6) is -0.983. The summed E-state index contributed by atoms with van der Waals surface area (Å²) in [4.78, 5) is 38.1. The van der Waals surface area contributed by atoms with Crippen LogP contribution in [0.25, 0.3) is 0 Å². The average Bonchev–Trinajstić information content (AvgIpc) is 3.35. The molecule has 0 aromatic carbocycles. The average molecular weight is 956 g/mol. The minimum Gasteiger partial charge on any atom is -0.462 e. The molecule has 0 rings (SSSR count). The van der Waals surface area contributed by atoms with Gasteiger partial charge in [0.25, 0.3) is 0 Å². The van der Waals surface area contributed by atoms with Gasteiger partial charge in [0.1, 0.15) is 13.2 Å². The van der Waals surface area contributed by atoms with Crippen molar-refractivity contribution < 1.29 is 28.6 Å². The van der Waals surface area contributed by atoms with Crippen molar-refractivity contribution in [3.63, 3.8) is 0 Å². The van der Waals surface area contributed by atoms with Crippen molar-refractivity contribution in [3.05, 3.63) is 122 Å². The molecule has 6 heteroatoms. The van der Waals surface area contributed by atoms with Crippen molar-refractivity contribution in [1.82, 2.24) is 0 Å². The Hall–Kier alpha value is -4.19. The van der Waals surface area contributed by atoms with Gasteiger partial charge in [0.15, 0.2) is 6.10 Å². The van der Waals surface area contributed by atoms with Gasteiger partial charge >= 0.3 is 17.9 Å². The molecule has 0 aromatic rings. The van der Waals surface area contributed by atoms with E-state index in [2.05, 4.69) is 142 Å². The molecule has 0 aliphatic rings. The summed E-state index contributed by atoms with van der Waals surface area (Å²) in [5.41, 5.74) is 0. The van der Waals surface area contributed by atoms with Gasteiger partial charge in [0.05, 0.1) is 0 Å². The molecular weight excluding hydrogens is 853 g/mol. The van der Waals surface area contributed by atoms with Crippen molar-refractivity contribution in [2.45, 2.75) is 245 Å². The van der Waals surface area contributed by atoms with Crippen molar-refractivity contribution in [2.24, 2.45) is 0 Å². The lowest BCUT2D eigenvalue weighted by Gasteiger charge is -2.18. The van der Waals surface area contributed by atoms with Crippen molar-refractivity contribution in [1.29, 1.82) is 0 Å². The molecule has 0 aromatic heterocycles. The highest BCUT2D eigenvalue weighted by atomic mass is 16.6. The van der Waals surface area contributed by atoms with E-state index in [1.165, 1.54) is 51.4 Å². The maximum atomic E-state index is 12.8. The van der Waals surface area contributed by atoms with E-state index in [0.717, 1.165) is 141 Å². The Bertz CT molecular complexity index is 1470. The molecule has 0 heterocycles. The fourth-order valence-electron chi connectivity index (χ4n) is 7.21. The maximum absolute atomic E-state index is 12.8. The quantitative estimate of drug-likeness (QED) is 0.0262. The van der Waals surface area contributed by atoms with Gasteiger partial charge < -0.3 is 14.2 Å². The van der Waals surface area contributed by atoms with E-state index >= 15 is 0 Å². The summed E-state index contributed by atoms with van der Waals surface area (Å²) in [6.07, 6.45) is 77.5. The Labute approximate surface area is 424 Å². The van der Waals surface area contributed by atoms with E-state index in [1.54, 1.807) is 0 Å². The first-order chi connectivity index (χ1) is 34.0. The number of unbranched alkanes of at least 4 members (excludes halogenated alkanes) is 18. The number of allylic oxidation sites excluding steroid dienone is 20. The van der Waals surface area contributed by atoms with Gasteiger partial charge in [0.2, 0.25) is 0 Å². The summed E-state index contributed by atoms with van der Waals surface area (Å²) < 4.78 is 16.8. The predicted molar refractivity (Wildman–Crippen MR) is 297 cm³/mol. The fraction of sp³-hybridized carbons (Fsp3) is 0.635. The zero-order chi connectivity index (χ0) is 50.0. The smallest absolute Gasteiger partial charge is 0.306 e. The van der Waals surface area contributed by atoms with Crippen LogP contribution in [0.15, 0.2) is 122 Å². The molecule has 0 radical (unpaired) electrons. The van der Waals surface area contributed by atoms with Gasteiger partial charge in [0, 0.05) is 19.3 Å². The summed E-state index contributed by atoms with van der Waals surface area (Å²) >= 11 is 0. The van der Waals surface area contributed by atoms with Crippen LogP contribution in [-0.2, 0) is 28.6 Å². The second-order valence-corrected chi connectivity index (χ2v) is 18.1. The summed E-state index contributed by atoms with van der Waals surface area (Å²) in [7, 11) is 0. The molecule has 0 fully saturated rings. The Morgan fingerprint density at radius 1 is 0.304 bits per heavy atom. The minimum atomic E-state index is -0.816. The molecule has 0 bridgehead atoms. The first-order valence-corrected chi connectivity index (χ1v) is 28.0. The number of carbonyl (C=O) groups is 3. The van der Waals surface area contributed by atoms with E-state index < -0.39 is 6.10 Å². The number of carbonyl (C=O) groups excluding carboxylic acids is 3. The third kappa shape index (κ3) is 54.6. The largest absolute Gasteiger partial charge is 0.462 e. The zero-order valence-electron chi connectivity index (χ0n) is 44.5. The van der Waals surface area contributed by atoms with Gasteiger partial charge in [-0.05, 0) is 135 Å². The fourth-order valence-corrected chi connectivity index (χ4v) is 7.21. The SMILES string of the molecule is CC/C=C\C/C=C\C/C=C\CCCCCCCC(=O)OC[C@H](COC(=O)CCCCCC/C=C\C/C=C\C/C=C\CCCCC)OC(=O)CCCCC/C=C\C/C=C\C/C=C\C/C=C\CCCCC. The Morgan fingerprint density at radius 3 is 0.899 bits per heavy atom. The van der Waals surface area contributed by atoms with Crippen LogP contribution >= 0.6 is 0 Å². The predicted octanol–water partition coefficient (Wildman–Crippen LogP) is 18.9. The third-order valence-electron chi connectivity index (χ3n) is 11.4. The highest BCUT2D eigenvalue weighted by Gasteiger charge is 2.19. The van der Waals surface area contributed by atoms with Crippen LogP contribution in [0.5, 0.6) is 0 Å². The van der Waals surface area contributed by atoms with Gasteiger partial charge in [-0.25, -0.2) is 0 Å². The van der Waals surface area contributed by atoms with Crippen LogP contribution in [0.3, 0.4) is 0 Å². The molecule has 390 valence electrons. The zero-order valence-corrected chi connectivity index (χ0v) is 44.5. The normalized spacial score (nSPS) is 13.0. The van der Waals surface area contributed by atoms with Crippen LogP contribution in [0.1, 0.15) is 239 Å². The summed E-state index contributed by atoms with van der Waals surface area (Å²) in [6.45, 7) is 6.40. The van der Waals surface area contributed by atoms with Crippen molar-refractivity contribution in [2.75, 3.05) is 13.2 Å². The van der Waals surface area contributed by atoms with Crippen molar-refractivity contribution >= 4 is 17.9 Å². The summed E-state index contributed by atoms with van der Waals surface area (Å²) in [5, 5.41) is 0. The van der Waals surface area contributed by atoms with E-state index in [-0.39, 0.29) is 37.5 Å². The van der Waals surface area contributed by atoms with Crippen LogP contribution in [-0.4, -0.2) is 37.2 Å². The molecule has 6 nitrogen and oxygen atoms in total. The number of hydrogen-bond donors (Lipinski definition) is 0. The molecule has 0 aliphatic carbocycles. The molecule has 0 N–H and O–H groups in total. The lowest BCUT2D eigenvalue weighted by Crippen LogP contribution is -2.30. The second-order valence-electron chi connectivity index (χ2n) is 18.1. The third-order valence-corrected chi connectivity index (χ3v) is 11.4. The first kappa shape index (κ1) is 64.8. The van der Waals surface area contributed by atoms with E-state index in [9.17, 15) is 14.4 Å². The topological polar surface area (TPSA) is 78.9 Å². The van der Waals surface area contributed by atoms with Crippen LogP contribution in [0, 0.1) is 0 Å². The van der Waals surface area contributed by atoms with Gasteiger partial charge in [-0.1, -0.05) is 206 Å². The molecule has 69 heavy (non-hydrogen) atoms. The van der Waals surface area contributed by atoms with E-state index in [1.807, 2.05) is 0 Å². The molecular formula is C63H102O6. The van der Waals surface area contributed by atoms with Gasteiger partial charge in [-0.3, -0.25) is 14.4 Å². The highest BCUT2D eigenvalue weighted by molar-refractivity contribution is 5.71. The van der Waals surface area contributed by atoms with Gasteiger partial charge in [-0.15, -0.1) is 0 Å². The molecule has 0 spiro atoms. The standard InChI is InChI=1S/C63H102O6/c1-4-7-10-13-16-19-22-25-28-30-31-33-36-39-42-45-48-51-54-57-63(66)69-60(58-67-61(64)55-52-49-46-43-40-37-34-27-24-21-18-15-12-9-6-3)59-68-62(65)56-53-50-47-44-41-38-35-32-29-26-23-20-17-14-11-8-5-2/h9,12,16-21,25-29,31,33-35,38-39,42,60H,4-8,10-11,13-15,22-24,30,32,36-37,40-41,43-59H2,1-3H3/b12-9-,19-16-,20-17-,21-18-,28-25-,29-26-,33-31-,34-27-,38-35-,42-39-/t60-/m1/s1. The lowest BCUT2D eigenvalue weighted by molar-refractivity contribution is -0.167. The molecule has 0 aliphatic heterocycles. The van der Waals surface area contributed by atoms with Crippen LogP contribution < -0.4 is 0 Å². The molecule has 0 saturated carbocycles. The molecule has 0 unspecified atom stereocenters. The van der Waals surface area contributed by atoms with Gasteiger partial charge in [-0.2, -0.15) is 0 Å².